The fourth-order valence-corrected chi connectivity index (χ4v) is 4.07. The Morgan fingerprint density at radius 1 is 1.46 bits per heavy atom. The number of rotatable bonds is 6. The van der Waals surface area contributed by atoms with Crippen molar-refractivity contribution in [1.82, 2.24) is 19.5 Å². The predicted molar refractivity (Wildman–Crippen MR) is 94.1 cm³/mol. The minimum Gasteiger partial charge on any atom is -0.394 e. The summed E-state index contributed by atoms with van der Waals surface area (Å²) in [6, 6.07) is 0. The predicted octanol–water partition coefficient (Wildman–Crippen LogP) is -0.344. The number of carbonyl (C=O) groups is 1. The molecule has 0 unspecified atom stereocenters. The van der Waals surface area contributed by atoms with Gasteiger partial charge in [-0.25, -0.2) is 15.0 Å². The number of ketones is 1. The van der Waals surface area contributed by atoms with Crippen molar-refractivity contribution in [2.45, 2.75) is 48.6 Å². The number of alkyl halides is 1. The van der Waals surface area contributed by atoms with E-state index in [4.69, 9.17) is 10.5 Å². The van der Waals surface area contributed by atoms with Gasteiger partial charge >= 0.3 is 0 Å². The Bertz CT molecular complexity index is 832. The average molecular weight is 430 g/mol. The maximum atomic E-state index is 12.8. The van der Waals surface area contributed by atoms with Gasteiger partial charge in [0.1, 0.15) is 30.4 Å². The molecular formula is C15H20BrN5O5. The number of hydrogen-bond acceptors (Lipinski definition) is 9. The van der Waals surface area contributed by atoms with Gasteiger partial charge in [0.05, 0.1) is 6.61 Å². The van der Waals surface area contributed by atoms with Crippen molar-refractivity contribution in [3.63, 3.8) is 0 Å². The molecule has 0 spiro atoms. The summed E-state index contributed by atoms with van der Waals surface area (Å²) in [6.07, 6.45) is 0.918. The molecule has 10 nitrogen and oxygen atoms in total. The summed E-state index contributed by atoms with van der Waals surface area (Å²) in [7, 11) is 0. The molecule has 3 rings (SSSR count). The highest BCUT2D eigenvalue weighted by molar-refractivity contribution is 9.09. The van der Waals surface area contributed by atoms with Crippen LogP contribution in [-0.4, -0.2) is 65.0 Å². The van der Waals surface area contributed by atoms with Gasteiger partial charge in [0.15, 0.2) is 17.2 Å². The Hall–Kier alpha value is -1.66. The topological polar surface area (TPSA) is 157 Å². The number of aromatic nitrogens is 4. The number of anilines is 1. The maximum absolute atomic E-state index is 12.8. The monoisotopic (exact) mass is 429 g/mol. The van der Waals surface area contributed by atoms with Crippen molar-refractivity contribution in [1.29, 1.82) is 0 Å². The molecule has 3 heterocycles. The molecule has 0 amide bonds. The van der Waals surface area contributed by atoms with Gasteiger partial charge in [-0.2, -0.15) is 0 Å². The highest BCUT2D eigenvalue weighted by atomic mass is 79.9. The number of aliphatic hydroxyl groups is 3. The van der Waals surface area contributed by atoms with Gasteiger partial charge in [0, 0.05) is 6.42 Å². The maximum Gasteiger partial charge on any atom is 0.244 e. The molecule has 142 valence electrons. The van der Waals surface area contributed by atoms with E-state index in [2.05, 4.69) is 30.9 Å². The van der Waals surface area contributed by atoms with Crippen LogP contribution in [0.4, 0.5) is 5.82 Å². The van der Waals surface area contributed by atoms with E-state index in [1.165, 1.54) is 17.2 Å². The normalized spacial score (nSPS) is 31.6. The smallest absolute Gasteiger partial charge is 0.244 e. The first-order valence-electron chi connectivity index (χ1n) is 8.16. The molecule has 0 radical (unpaired) electrons. The molecule has 1 aliphatic rings. The van der Waals surface area contributed by atoms with E-state index in [1.807, 2.05) is 6.92 Å². The van der Waals surface area contributed by atoms with Crippen LogP contribution >= 0.6 is 15.9 Å². The Kier molecular flexibility index (Phi) is 5.01. The first kappa shape index (κ1) is 19.1. The van der Waals surface area contributed by atoms with Gasteiger partial charge < -0.3 is 25.8 Å². The molecule has 4 atom stereocenters. The van der Waals surface area contributed by atoms with Crippen LogP contribution in [0.15, 0.2) is 12.7 Å². The number of unbranched alkanes of at least 4 members (excludes halogenated alkanes) is 1. The zero-order chi connectivity index (χ0) is 19.1. The summed E-state index contributed by atoms with van der Waals surface area (Å²) < 4.78 is 5.03. The lowest BCUT2D eigenvalue weighted by molar-refractivity contribution is -0.164. The van der Waals surface area contributed by atoms with E-state index < -0.39 is 34.8 Å². The number of imidazole rings is 1. The van der Waals surface area contributed by atoms with E-state index in [-0.39, 0.29) is 23.4 Å². The van der Waals surface area contributed by atoms with Crippen molar-refractivity contribution in [3.05, 3.63) is 12.7 Å². The number of nitrogen functional groups attached to an aromatic ring is 1. The average Bonchev–Trinajstić information content (AvgIpc) is 3.15. The lowest BCUT2D eigenvalue weighted by atomic mass is 9.86. The fraction of sp³-hybridized carbons (Fsp3) is 0.600. The third-order valence-electron chi connectivity index (χ3n) is 4.59. The van der Waals surface area contributed by atoms with Gasteiger partial charge in [-0.3, -0.25) is 9.36 Å². The van der Waals surface area contributed by atoms with E-state index in [0.29, 0.717) is 6.42 Å². The molecule has 0 bridgehead atoms. The second-order valence-electron chi connectivity index (χ2n) is 6.18. The van der Waals surface area contributed by atoms with E-state index in [1.54, 1.807) is 0 Å². The molecule has 0 aliphatic carbocycles. The largest absolute Gasteiger partial charge is 0.394 e. The molecule has 11 heteroatoms. The second kappa shape index (κ2) is 6.82. The minimum absolute atomic E-state index is 0.0304. The van der Waals surface area contributed by atoms with Crippen molar-refractivity contribution in [3.8, 4) is 0 Å². The fourth-order valence-electron chi connectivity index (χ4n) is 3.11. The number of halogens is 1. The van der Waals surface area contributed by atoms with Crippen LogP contribution in [0.1, 0.15) is 26.2 Å². The lowest BCUT2D eigenvalue weighted by Gasteiger charge is -2.36. The summed E-state index contributed by atoms with van der Waals surface area (Å²) in [4.78, 5) is 24.9. The molecule has 1 aliphatic heterocycles. The zero-order valence-electron chi connectivity index (χ0n) is 14.0. The Labute approximate surface area is 157 Å². The first-order chi connectivity index (χ1) is 12.3. The number of nitrogens with zero attached hydrogens (tertiary/aromatic N) is 4. The number of hydrogen-bond donors (Lipinski definition) is 4. The van der Waals surface area contributed by atoms with E-state index >= 15 is 0 Å². The molecule has 0 aromatic carbocycles. The Balaban J connectivity index is 2.17. The molecule has 2 aromatic heterocycles. The highest BCUT2D eigenvalue weighted by Crippen LogP contribution is 2.50. The summed E-state index contributed by atoms with van der Waals surface area (Å²) in [5, 5.41) is 31.3. The molecule has 2 aromatic rings. The van der Waals surface area contributed by atoms with Crippen molar-refractivity contribution >= 4 is 38.7 Å². The Morgan fingerprint density at radius 2 is 2.19 bits per heavy atom. The molecular weight excluding hydrogens is 410 g/mol. The van der Waals surface area contributed by atoms with Crippen LogP contribution in [0.2, 0.25) is 0 Å². The van der Waals surface area contributed by atoms with Crippen molar-refractivity contribution in [2.75, 3.05) is 12.3 Å². The first-order valence-corrected chi connectivity index (χ1v) is 8.95. The number of ether oxygens (including phenoxy) is 1. The van der Waals surface area contributed by atoms with Crippen molar-refractivity contribution < 1.29 is 24.9 Å². The van der Waals surface area contributed by atoms with E-state index in [9.17, 15) is 20.1 Å². The van der Waals surface area contributed by atoms with Crippen LogP contribution in [0.25, 0.3) is 11.2 Å². The number of fused-ring (bicyclic) bond motifs is 1. The third-order valence-corrected chi connectivity index (χ3v) is 5.77. The quantitative estimate of drug-likeness (QED) is 0.450. The number of carbonyl (C=O) groups excluding carboxylic acids is 1. The van der Waals surface area contributed by atoms with Crippen LogP contribution < -0.4 is 5.73 Å². The molecule has 1 fully saturated rings. The third kappa shape index (κ3) is 2.54. The van der Waals surface area contributed by atoms with E-state index in [0.717, 1.165) is 6.42 Å². The van der Waals surface area contributed by atoms with Gasteiger partial charge in [-0.05, 0) is 22.4 Å². The summed E-state index contributed by atoms with van der Waals surface area (Å²) in [5.41, 5.74) is 3.86. The zero-order valence-corrected chi connectivity index (χ0v) is 15.6. The molecule has 0 saturated carbocycles. The van der Waals surface area contributed by atoms with Gasteiger partial charge in [0.25, 0.3) is 0 Å². The van der Waals surface area contributed by atoms with Crippen LogP contribution in [0, 0.1) is 0 Å². The van der Waals surface area contributed by atoms with Gasteiger partial charge in [-0.1, -0.05) is 13.3 Å². The summed E-state index contributed by atoms with van der Waals surface area (Å²) in [6.45, 7) is 1.31. The van der Waals surface area contributed by atoms with Crippen molar-refractivity contribution in [2.24, 2.45) is 0 Å². The number of Topliss-reactive ketones (excluding diaryl/α,β-unsaturated/α-hetero) is 1. The standard InChI is InChI=1S/C15H20BrN5O5/c1-2-3-4-9(23)14(25)11(24)8(5-22)26-15(14,16)21-7-20-10-12(17)18-6-19-13(10)21/h6-8,11,22,24-25H,2-5H2,1H3,(H2,17,18,19)/t8-,11-,14-,15+/m1/s1. The highest BCUT2D eigenvalue weighted by Gasteiger charge is 2.69. The van der Waals surface area contributed by atoms with Crippen LogP contribution in [0.5, 0.6) is 0 Å². The molecule has 1 saturated heterocycles. The van der Waals surface area contributed by atoms with Gasteiger partial charge in [-0.15, -0.1) is 0 Å². The number of nitrogens with two attached hydrogens (primary N) is 1. The minimum atomic E-state index is -2.37. The molecule has 5 N–H and O–H groups in total. The second-order valence-corrected chi connectivity index (χ2v) is 7.26. The SMILES string of the molecule is CCCCC(=O)[C@@]1(O)[C@H](O)[C@@H](CO)O[C@@]1(Br)n1cnc2c(N)ncnc21. The summed E-state index contributed by atoms with van der Waals surface area (Å²) >= 11 is 3.27. The Morgan fingerprint density at radius 3 is 2.85 bits per heavy atom. The molecule has 26 heavy (non-hydrogen) atoms. The number of aliphatic hydroxyl groups excluding tert-OH is 2. The summed E-state index contributed by atoms with van der Waals surface area (Å²) in [5.74, 6) is -0.508. The van der Waals surface area contributed by atoms with Crippen LogP contribution in [0.3, 0.4) is 0 Å². The van der Waals surface area contributed by atoms with Gasteiger partial charge in [0.2, 0.25) is 10.2 Å². The lowest BCUT2D eigenvalue weighted by Crippen LogP contribution is -2.60. The van der Waals surface area contributed by atoms with Crippen LogP contribution in [-0.2, 0) is 14.2 Å².